The molecule has 0 aliphatic carbocycles. The molecule has 118 valence electrons. The van der Waals surface area contributed by atoms with Crippen molar-refractivity contribution < 1.29 is 19.1 Å². The Hall–Kier alpha value is -2.48. The van der Waals surface area contributed by atoms with Crippen LogP contribution in [-0.2, 0) is 9.47 Å². The first-order valence-corrected chi connectivity index (χ1v) is 6.77. The Morgan fingerprint density at radius 2 is 1.86 bits per heavy atom. The molecule has 0 aliphatic heterocycles. The normalized spacial score (nSPS) is 10.6. The zero-order valence-electron chi connectivity index (χ0n) is 13.8. The smallest absolute Gasteiger partial charge is 0.414 e. The van der Waals surface area contributed by atoms with Gasteiger partial charge in [-0.25, -0.2) is 9.59 Å². The molecule has 0 atom stereocenters. The van der Waals surface area contributed by atoms with Crippen molar-refractivity contribution in [2.75, 3.05) is 19.1 Å². The van der Waals surface area contributed by atoms with Crippen molar-refractivity contribution in [3.63, 3.8) is 0 Å². The molecule has 0 fully saturated rings. The minimum Gasteiger partial charge on any atom is -0.465 e. The largest absolute Gasteiger partial charge is 0.465 e. The predicted molar refractivity (Wildman–Crippen MR) is 85.1 cm³/mol. The summed E-state index contributed by atoms with van der Waals surface area (Å²) in [6, 6.07) is 3.12. The van der Waals surface area contributed by atoms with Crippen molar-refractivity contribution in [1.29, 1.82) is 0 Å². The molecule has 0 saturated carbocycles. The Morgan fingerprint density at radius 3 is 2.32 bits per heavy atom. The van der Waals surface area contributed by atoms with Crippen LogP contribution in [0.25, 0.3) is 0 Å². The maximum Gasteiger partial charge on any atom is 0.414 e. The monoisotopic (exact) mass is 303 g/mol. The van der Waals surface area contributed by atoms with E-state index in [9.17, 15) is 9.59 Å². The van der Waals surface area contributed by atoms with Crippen molar-refractivity contribution in [2.45, 2.75) is 33.3 Å². The van der Waals surface area contributed by atoms with Crippen molar-refractivity contribution in [2.24, 2.45) is 0 Å². The first-order valence-electron chi connectivity index (χ1n) is 6.77. The van der Waals surface area contributed by atoms with E-state index in [1.807, 2.05) is 0 Å². The van der Waals surface area contributed by atoms with E-state index in [2.05, 4.69) is 5.92 Å². The second-order valence-electron chi connectivity index (χ2n) is 5.84. The van der Waals surface area contributed by atoms with Crippen LogP contribution in [0.1, 0.15) is 42.3 Å². The summed E-state index contributed by atoms with van der Waals surface area (Å²) in [5.74, 6) is 1.99. The Morgan fingerprint density at radius 1 is 1.27 bits per heavy atom. The van der Waals surface area contributed by atoms with Crippen LogP contribution < -0.4 is 4.90 Å². The number of nitrogens with zero attached hydrogens (tertiary/aromatic N) is 1. The number of methoxy groups -OCH3 is 1. The average Bonchev–Trinajstić information content (AvgIpc) is 2.44. The maximum atomic E-state index is 12.2. The molecule has 1 aromatic rings. The molecule has 0 saturated heterocycles. The third-order valence-electron chi connectivity index (χ3n) is 2.99. The van der Waals surface area contributed by atoms with Gasteiger partial charge in [-0.05, 0) is 45.4 Å². The summed E-state index contributed by atoms with van der Waals surface area (Å²) in [4.78, 5) is 25.3. The van der Waals surface area contributed by atoms with Crippen molar-refractivity contribution in [1.82, 2.24) is 0 Å². The highest BCUT2D eigenvalue weighted by atomic mass is 16.6. The van der Waals surface area contributed by atoms with Crippen molar-refractivity contribution >= 4 is 17.7 Å². The second-order valence-corrected chi connectivity index (χ2v) is 5.84. The summed E-state index contributed by atoms with van der Waals surface area (Å²) in [6.07, 6.45) is 4.94. The van der Waals surface area contributed by atoms with Crippen molar-refractivity contribution in [3.8, 4) is 12.3 Å². The highest BCUT2D eigenvalue weighted by Crippen LogP contribution is 2.26. The zero-order chi connectivity index (χ0) is 17.1. The van der Waals surface area contributed by atoms with E-state index in [-0.39, 0.29) is 5.56 Å². The lowest BCUT2D eigenvalue weighted by molar-refractivity contribution is 0.0579. The summed E-state index contributed by atoms with van der Waals surface area (Å²) in [5, 5.41) is 0. The molecule has 22 heavy (non-hydrogen) atoms. The first kappa shape index (κ1) is 17.6. The quantitative estimate of drug-likeness (QED) is 0.622. The second kappa shape index (κ2) is 6.52. The third-order valence-corrected chi connectivity index (χ3v) is 2.99. The fraction of sp³-hybridized carbons (Fsp3) is 0.412. The third kappa shape index (κ3) is 4.01. The van der Waals surface area contributed by atoms with Gasteiger partial charge >= 0.3 is 12.1 Å². The van der Waals surface area contributed by atoms with Crippen LogP contribution >= 0.6 is 0 Å². The van der Waals surface area contributed by atoms with Gasteiger partial charge in [-0.15, -0.1) is 6.42 Å². The first-order chi connectivity index (χ1) is 10.1. The Bertz CT molecular complexity index is 635. The molecule has 0 aliphatic rings. The highest BCUT2D eigenvalue weighted by molar-refractivity contribution is 5.95. The fourth-order valence-electron chi connectivity index (χ4n) is 1.86. The molecular weight excluding hydrogens is 282 g/mol. The van der Waals surface area contributed by atoms with Gasteiger partial charge in [0.1, 0.15) is 5.60 Å². The molecule has 5 heteroatoms. The number of rotatable bonds is 2. The molecule has 0 heterocycles. The van der Waals surface area contributed by atoms with Gasteiger partial charge < -0.3 is 9.47 Å². The predicted octanol–water partition coefficient (Wildman–Crippen LogP) is 3.13. The standard InChI is InChI=1S/C17H21NO4/c1-8-12-9-13(15(19)21-7)10-14(11(12)2)18(6)16(20)22-17(3,4)5/h1,9-10H,2-7H3. The number of anilines is 1. The number of esters is 1. The number of carbonyl (C=O) groups is 2. The summed E-state index contributed by atoms with van der Waals surface area (Å²) < 4.78 is 10.0. The van der Waals surface area contributed by atoms with E-state index >= 15 is 0 Å². The van der Waals surface area contributed by atoms with Crippen LogP contribution in [0.5, 0.6) is 0 Å². The van der Waals surface area contributed by atoms with Gasteiger partial charge in [0, 0.05) is 12.6 Å². The van der Waals surface area contributed by atoms with E-state index in [4.69, 9.17) is 15.9 Å². The van der Waals surface area contributed by atoms with Crippen molar-refractivity contribution in [3.05, 3.63) is 28.8 Å². The van der Waals surface area contributed by atoms with E-state index in [1.165, 1.54) is 12.0 Å². The van der Waals surface area contributed by atoms with E-state index in [0.29, 0.717) is 16.8 Å². The topological polar surface area (TPSA) is 55.8 Å². The highest BCUT2D eigenvalue weighted by Gasteiger charge is 2.23. The lowest BCUT2D eigenvalue weighted by Crippen LogP contribution is -2.34. The van der Waals surface area contributed by atoms with Gasteiger partial charge in [-0.3, -0.25) is 4.90 Å². The molecule has 5 nitrogen and oxygen atoms in total. The van der Waals surface area contributed by atoms with Crippen LogP contribution in [0.15, 0.2) is 12.1 Å². The molecule has 0 bridgehead atoms. The summed E-state index contributed by atoms with van der Waals surface area (Å²) in [7, 11) is 2.85. The van der Waals surface area contributed by atoms with Crippen LogP contribution in [0.4, 0.5) is 10.5 Å². The molecule has 0 unspecified atom stereocenters. The minimum atomic E-state index is -0.617. The molecular formula is C17H21NO4. The molecule has 0 N–H and O–H groups in total. The SMILES string of the molecule is C#Cc1cc(C(=O)OC)cc(N(C)C(=O)OC(C)(C)C)c1C. The minimum absolute atomic E-state index is 0.284. The van der Waals surface area contributed by atoms with Gasteiger partial charge in [0.25, 0.3) is 0 Å². The van der Waals surface area contributed by atoms with E-state index < -0.39 is 17.7 Å². The summed E-state index contributed by atoms with van der Waals surface area (Å²) >= 11 is 0. The molecule has 1 amide bonds. The van der Waals surface area contributed by atoms with Gasteiger partial charge in [0.2, 0.25) is 0 Å². The fourth-order valence-corrected chi connectivity index (χ4v) is 1.86. The van der Waals surface area contributed by atoms with Gasteiger partial charge in [-0.2, -0.15) is 0 Å². The average molecular weight is 303 g/mol. The number of ether oxygens (including phenoxy) is 2. The van der Waals surface area contributed by atoms with Crippen LogP contribution in [-0.4, -0.2) is 31.8 Å². The Labute approximate surface area is 131 Å². The number of benzene rings is 1. The van der Waals surface area contributed by atoms with Gasteiger partial charge in [0.05, 0.1) is 18.4 Å². The number of carbonyl (C=O) groups excluding carboxylic acids is 2. The molecule has 0 spiro atoms. The lowest BCUT2D eigenvalue weighted by atomic mass is 10.0. The van der Waals surface area contributed by atoms with E-state index in [0.717, 1.165) is 0 Å². The number of hydrogen-bond acceptors (Lipinski definition) is 4. The van der Waals surface area contributed by atoms with E-state index in [1.54, 1.807) is 46.9 Å². The molecule has 0 aromatic heterocycles. The summed E-state index contributed by atoms with van der Waals surface area (Å²) in [6.45, 7) is 7.13. The number of hydrogen-bond donors (Lipinski definition) is 0. The van der Waals surface area contributed by atoms with Gasteiger partial charge in [-0.1, -0.05) is 5.92 Å². The number of amides is 1. The molecule has 1 aromatic carbocycles. The molecule has 1 rings (SSSR count). The lowest BCUT2D eigenvalue weighted by Gasteiger charge is -2.26. The summed E-state index contributed by atoms with van der Waals surface area (Å²) in [5.41, 5.74) is 1.40. The molecule has 0 radical (unpaired) electrons. The van der Waals surface area contributed by atoms with Crippen LogP contribution in [0, 0.1) is 19.3 Å². The maximum absolute atomic E-state index is 12.2. The van der Waals surface area contributed by atoms with Crippen LogP contribution in [0.2, 0.25) is 0 Å². The zero-order valence-corrected chi connectivity index (χ0v) is 13.8. The Kier molecular flexibility index (Phi) is 5.21. The number of terminal acetylenes is 1. The van der Waals surface area contributed by atoms with Crippen LogP contribution in [0.3, 0.4) is 0 Å². The van der Waals surface area contributed by atoms with Gasteiger partial charge in [0.15, 0.2) is 0 Å². The Balaban J connectivity index is 3.31.